The number of carbonyl (C=O) groups is 1. The monoisotopic (exact) mass is 248 g/mol. The van der Waals surface area contributed by atoms with Gasteiger partial charge in [0.1, 0.15) is 5.75 Å². The molecule has 0 aliphatic carbocycles. The SMILES string of the molecule is COc1ccc(C(N)CC(=O)O)c2ccn(C)c12. The van der Waals surface area contributed by atoms with E-state index < -0.39 is 12.0 Å². The van der Waals surface area contributed by atoms with Gasteiger partial charge in [0.15, 0.2) is 0 Å². The van der Waals surface area contributed by atoms with Crippen molar-refractivity contribution in [3.05, 3.63) is 30.0 Å². The number of ether oxygens (including phenoxy) is 1. The highest BCUT2D eigenvalue weighted by Gasteiger charge is 2.16. The lowest BCUT2D eigenvalue weighted by atomic mass is 10.0. The lowest BCUT2D eigenvalue weighted by Crippen LogP contribution is -2.15. The van der Waals surface area contributed by atoms with Crippen molar-refractivity contribution in [2.45, 2.75) is 12.5 Å². The highest BCUT2D eigenvalue weighted by molar-refractivity contribution is 5.89. The average molecular weight is 248 g/mol. The molecule has 0 spiro atoms. The Bertz CT molecular complexity index is 589. The Morgan fingerprint density at radius 2 is 2.22 bits per heavy atom. The van der Waals surface area contributed by atoms with Crippen molar-refractivity contribution in [2.24, 2.45) is 12.8 Å². The molecule has 1 heterocycles. The Hall–Kier alpha value is -2.01. The van der Waals surface area contributed by atoms with Crippen LogP contribution in [0.4, 0.5) is 0 Å². The fraction of sp³-hybridized carbons (Fsp3) is 0.308. The third-order valence-electron chi connectivity index (χ3n) is 3.05. The molecule has 1 aromatic heterocycles. The molecular weight excluding hydrogens is 232 g/mol. The van der Waals surface area contributed by atoms with Gasteiger partial charge in [0.2, 0.25) is 0 Å². The van der Waals surface area contributed by atoms with Crippen molar-refractivity contribution in [1.29, 1.82) is 0 Å². The number of hydrogen-bond donors (Lipinski definition) is 2. The molecule has 1 aromatic carbocycles. The molecule has 0 saturated carbocycles. The number of carboxylic acid groups (broad SMARTS) is 1. The van der Waals surface area contributed by atoms with E-state index in [0.717, 1.165) is 22.2 Å². The van der Waals surface area contributed by atoms with Crippen molar-refractivity contribution in [2.75, 3.05) is 7.11 Å². The molecule has 1 atom stereocenters. The number of carboxylic acids is 1. The number of aliphatic carboxylic acids is 1. The number of rotatable bonds is 4. The maximum atomic E-state index is 10.7. The summed E-state index contributed by atoms with van der Waals surface area (Å²) in [5.41, 5.74) is 7.69. The minimum atomic E-state index is -0.901. The fourth-order valence-electron chi connectivity index (χ4n) is 2.19. The Morgan fingerprint density at radius 3 is 2.83 bits per heavy atom. The number of hydrogen-bond acceptors (Lipinski definition) is 3. The Labute approximate surface area is 105 Å². The molecule has 0 saturated heterocycles. The first-order chi connectivity index (χ1) is 8.54. The van der Waals surface area contributed by atoms with Crippen molar-refractivity contribution in [3.63, 3.8) is 0 Å². The third kappa shape index (κ3) is 2.04. The zero-order chi connectivity index (χ0) is 13.3. The van der Waals surface area contributed by atoms with Crippen molar-refractivity contribution in [3.8, 4) is 5.75 Å². The van der Waals surface area contributed by atoms with Gasteiger partial charge in [-0.05, 0) is 17.7 Å². The second kappa shape index (κ2) is 4.70. The van der Waals surface area contributed by atoms with Crippen LogP contribution in [0.1, 0.15) is 18.0 Å². The summed E-state index contributed by atoms with van der Waals surface area (Å²) in [6.07, 6.45) is 1.82. The molecule has 0 aliphatic rings. The molecule has 2 aromatic rings. The quantitative estimate of drug-likeness (QED) is 0.862. The summed E-state index contributed by atoms with van der Waals surface area (Å²) in [5.74, 6) is -0.147. The highest BCUT2D eigenvalue weighted by Crippen LogP contribution is 2.32. The topological polar surface area (TPSA) is 77.5 Å². The van der Waals surface area contributed by atoms with Crippen LogP contribution in [0.5, 0.6) is 5.75 Å². The maximum Gasteiger partial charge on any atom is 0.305 e. The minimum Gasteiger partial charge on any atom is -0.495 e. The van der Waals surface area contributed by atoms with E-state index in [2.05, 4.69) is 0 Å². The smallest absolute Gasteiger partial charge is 0.305 e. The largest absolute Gasteiger partial charge is 0.495 e. The maximum absolute atomic E-state index is 10.7. The minimum absolute atomic E-state index is 0.0870. The summed E-state index contributed by atoms with van der Waals surface area (Å²) < 4.78 is 7.24. The summed E-state index contributed by atoms with van der Waals surface area (Å²) >= 11 is 0. The standard InChI is InChI=1S/C13H16N2O3/c1-15-6-5-9-8(10(14)7-12(16)17)3-4-11(18-2)13(9)15/h3-6,10H,7,14H2,1-2H3,(H,16,17). The molecular formula is C13H16N2O3. The van der Waals surface area contributed by atoms with E-state index >= 15 is 0 Å². The molecule has 3 N–H and O–H groups in total. The lowest BCUT2D eigenvalue weighted by molar-refractivity contribution is -0.137. The van der Waals surface area contributed by atoms with Gasteiger partial charge in [0.25, 0.3) is 0 Å². The zero-order valence-corrected chi connectivity index (χ0v) is 10.4. The van der Waals surface area contributed by atoms with Gasteiger partial charge < -0.3 is 20.1 Å². The van der Waals surface area contributed by atoms with Crippen molar-refractivity contribution < 1.29 is 14.6 Å². The van der Waals surface area contributed by atoms with Crippen LogP contribution in [0.3, 0.4) is 0 Å². The predicted octanol–water partition coefficient (Wildman–Crippen LogP) is 1.66. The number of aromatic nitrogens is 1. The van der Waals surface area contributed by atoms with Gasteiger partial charge in [-0.3, -0.25) is 4.79 Å². The zero-order valence-electron chi connectivity index (χ0n) is 10.4. The molecule has 0 amide bonds. The van der Waals surface area contributed by atoms with Gasteiger partial charge in [-0.25, -0.2) is 0 Å². The first-order valence-corrected chi connectivity index (χ1v) is 5.64. The van der Waals surface area contributed by atoms with E-state index in [1.54, 1.807) is 7.11 Å². The van der Waals surface area contributed by atoms with Crippen molar-refractivity contribution in [1.82, 2.24) is 4.57 Å². The van der Waals surface area contributed by atoms with Gasteiger partial charge in [0.05, 0.1) is 19.0 Å². The van der Waals surface area contributed by atoms with Gasteiger partial charge >= 0.3 is 5.97 Å². The van der Waals surface area contributed by atoms with Crippen LogP contribution in [0, 0.1) is 0 Å². The van der Waals surface area contributed by atoms with Crippen LogP contribution in [0.15, 0.2) is 24.4 Å². The number of nitrogens with zero attached hydrogens (tertiary/aromatic N) is 1. The Kier molecular flexibility index (Phi) is 3.25. The van der Waals surface area contributed by atoms with E-state index in [-0.39, 0.29) is 6.42 Å². The normalized spacial score (nSPS) is 12.6. The molecule has 1 unspecified atom stereocenters. The van der Waals surface area contributed by atoms with Crippen LogP contribution in [0.25, 0.3) is 10.9 Å². The second-order valence-electron chi connectivity index (χ2n) is 4.25. The van der Waals surface area contributed by atoms with E-state index in [1.807, 2.05) is 36.0 Å². The summed E-state index contributed by atoms with van der Waals surface area (Å²) in [4.78, 5) is 10.7. The summed E-state index contributed by atoms with van der Waals surface area (Å²) in [7, 11) is 3.52. The number of aryl methyl sites for hydroxylation is 1. The lowest BCUT2D eigenvalue weighted by Gasteiger charge is -2.13. The van der Waals surface area contributed by atoms with Crippen LogP contribution in [-0.2, 0) is 11.8 Å². The summed E-state index contributed by atoms with van der Waals surface area (Å²) in [5, 5.41) is 9.75. The molecule has 0 fully saturated rings. The van der Waals surface area contributed by atoms with Gasteiger partial charge in [0, 0.05) is 24.7 Å². The van der Waals surface area contributed by atoms with Crippen molar-refractivity contribution >= 4 is 16.9 Å². The van der Waals surface area contributed by atoms with Crippen LogP contribution in [0.2, 0.25) is 0 Å². The first-order valence-electron chi connectivity index (χ1n) is 5.64. The number of nitrogens with two attached hydrogens (primary N) is 1. The molecule has 0 radical (unpaired) electrons. The number of methoxy groups -OCH3 is 1. The van der Waals surface area contributed by atoms with E-state index in [1.165, 1.54) is 0 Å². The first kappa shape index (κ1) is 12.4. The van der Waals surface area contributed by atoms with Gasteiger partial charge in [-0.15, -0.1) is 0 Å². The predicted molar refractivity (Wildman–Crippen MR) is 68.7 cm³/mol. The molecule has 96 valence electrons. The van der Waals surface area contributed by atoms with Crippen LogP contribution in [-0.4, -0.2) is 22.8 Å². The van der Waals surface area contributed by atoms with Gasteiger partial charge in [-0.2, -0.15) is 0 Å². The number of fused-ring (bicyclic) bond motifs is 1. The van der Waals surface area contributed by atoms with Gasteiger partial charge in [-0.1, -0.05) is 6.07 Å². The van der Waals surface area contributed by atoms with Crippen LogP contribution < -0.4 is 10.5 Å². The average Bonchev–Trinajstić information content (AvgIpc) is 2.70. The molecule has 0 bridgehead atoms. The molecule has 5 nitrogen and oxygen atoms in total. The second-order valence-corrected chi connectivity index (χ2v) is 4.25. The van der Waals surface area contributed by atoms with E-state index in [0.29, 0.717) is 0 Å². The van der Waals surface area contributed by atoms with E-state index in [9.17, 15) is 4.79 Å². The summed E-state index contributed by atoms with van der Waals surface area (Å²) in [6.45, 7) is 0. The molecule has 0 aliphatic heterocycles. The fourth-order valence-corrected chi connectivity index (χ4v) is 2.19. The third-order valence-corrected chi connectivity index (χ3v) is 3.05. The molecule has 18 heavy (non-hydrogen) atoms. The van der Waals surface area contributed by atoms with E-state index in [4.69, 9.17) is 15.6 Å². The number of benzene rings is 1. The Balaban J connectivity index is 2.56. The molecule has 2 rings (SSSR count). The summed E-state index contributed by atoms with van der Waals surface area (Å²) in [6, 6.07) is 5.06. The van der Waals surface area contributed by atoms with Crippen LogP contribution >= 0.6 is 0 Å². The Morgan fingerprint density at radius 1 is 1.50 bits per heavy atom. The molecule has 5 heteroatoms. The highest BCUT2D eigenvalue weighted by atomic mass is 16.5.